The summed E-state index contributed by atoms with van der Waals surface area (Å²) in [7, 11) is 0. The van der Waals surface area contributed by atoms with Crippen LogP contribution in [0.4, 0.5) is 0 Å². The predicted octanol–water partition coefficient (Wildman–Crippen LogP) is 1.69. The van der Waals surface area contributed by atoms with E-state index >= 15 is 0 Å². The molecule has 4 nitrogen and oxygen atoms in total. The largest absolute Gasteiger partial charge is 0.480 e. The molecule has 0 aliphatic heterocycles. The smallest absolute Gasteiger partial charge is 0.320 e. The van der Waals surface area contributed by atoms with Crippen molar-refractivity contribution in [3.05, 3.63) is 0 Å². The number of hydrogen-bond donors (Lipinski definition) is 2. The quantitative estimate of drug-likeness (QED) is 0.664. The van der Waals surface area contributed by atoms with Crippen LogP contribution in [0.2, 0.25) is 0 Å². The number of ketones is 1. The molecule has 0 aromatic carbocycles. The van der Waals surface area contributed by atoms with Crippen molar-refractivity contribution in [2.24, 2.45) is 11.8 Å². The van der Waals surface area contributed by atoms with Crippen molar-refractivity contribution in [2.75, 3.05) is 6.54 Å². The molecule has 0 aliphatic rings. The van der Waals surface area contributed by atoms with Crippen molar-refractivity contribution in [2.45, 2.75) is 46.6 Å². The van der Waals surface area contributed by atoms with Crippen LogP contribution < -0.4 is 5.32 Å². The molecule has 0 radical (unpaired) electrons. The van der Waals surface area contributed by atoms with Gasteiger partial charge in [0.15, 0.2) is 0 Å². The number of carboxylic acid groups (broad SMARTS) is 1. The van der Waals surface area contributed by atoms with Gasteiger partial charge in [0.25, 0.3) is 0 Å². The zero-order valence-corrected chi connectivity index (χ0v) is 10.6. The topological polar surface area (TPSA) is 66.4 Å². The van der Waals surface area contributed by atoms with Gasteiger partial charge in [0.1, 0.15) is 11.8 Å². The van der Waals surface area contributed by atoms with Crippen LogP contribution in [-0.4, -0.2) is 29.4 Å². The Kier molecular flexibility index (Phi) is 6.97. The summed E-state index contributed by atoms with van der Waals surface area (Å²) < 4.78 is 0. The molecular weight excluding hydrogens is 206 g/mol. The highest BCUT2D eigenvalue weighted by Gasteiger charge is 2.19. The third-order valence-corrected chi connectivity index (χ3v) is 2.19. The first-order valence-electron chi connectivity index (χ1n) is 5.80. The second-order valence-electron chi connectivity index (χ2n) is 5.04. The summed E-state index contributed by atoms with van der Waals surface area (Å²) in [6.45, 7) is 8.03. The van der Waals surface area contributed by atoms with Crippen LogP contribution in [0.1, 0.15) is 40.5 Å². The lowest BCUT2D eigenvalue weighted by Crippen LogP contribution is -2.40. The number of nitrogens with one attached hydrogen (secondary N) is 1. The Bertz CT molecular complexity index is 236. The Morgan fingerprint density at radius 2 is 1.69 bits per heavy atom. The molecule has 4 heteroatoms. The number of Topliss-reactive ketones (excluding diaryl/α,β-unsaturated/α-hetero) is 1. The first-order chi connectivity index (χ1) is 7.32. The van der Waals surface area contributed by atoms with Crippen molar-refractivity contribution < 1.29 is 14.7 Å². The fourth-order valence-corrected chi connectivity index (χ4v) is 1.51. The van der Waals surface area contributed by atoms with E-state index in [9.17, 15) is 9.59 Å². The number of carbonyl (C=O) groups excluding carboxylic acids is 1. The molecule has 0 aliphatic carbocycles. The van der Waals surface area contributed by atoms with E-state index in [4.69, 9.17) is 5.11 Å². The third-order valence-electron chi connectivity index (χ3n) is 2.19. The number of hydrogen-bond acceptors (Lipinski definition) is 3. The van der Waals surface area contributed by atoms with Gasteiger partial charge in [0.2, 0.25) is 0 Å². The van der Waals surface area contributed by atoms with E-state index in [1.54, 1.807) is 0 Å². The van der Waals surface area contributed by atoms with E-state index in [1.807, 2.05) is 27.7 Å². The molecule has 16 heavy (non-hydrogen) atoms. The van der Waals surface area contributed by atoms with Crippen LogP contribution in [0.3, 0.4) is 0 Å². The van der Waals surface area contributed by atoms with Gasteiger partial charge >= 0.3 is 5.97 Å². The number of rotatable bonds is 8. The van der Waals surface area contributed by atoms with Crippen LogP contribution in [-0.2, 0) is 9.59 Å². The molecule has 0 amide bonds. The standard InChI is InChI=1S/C12H23NO3/c1-8(2)5-10(14)7-13-11(12(15)16)6-9(3)4/h8-9,11,13H,5-7H2,1-4H3,(H,15,16)/t11-/m0/s1. The molecule has 0 rings (SSSR count). The predicted molar refractivity (Wildman–Crippen MR) is 63.3 cm³/mol. The summed E-state index contributed by atoms with van der Waals surface area (Å²) in [5, 5.41) is 11.7. The summed E-state index contributed by atoms with van der Waals surface area (Å²) in [4.78, 5) is 22.3. The fraction of sp³-hybridized carbons (Fsp3) is 0.833. The second-order valence-corrected chi connectivity index (χ2v) is 5.04. The van der Waals surface area contributed by atoms with Crippen molar-refractivity contribution >= 4 is 11.8 Å². The van der Waals surface area contributed by atoms with Gasteiger partial charge in [-0.25, -0.2) is 0 Å². The zero-order valence-electron chi connectivity index (χ0n) is 10.6. The van der Waals surface area contributed by atoms with Crippen LogP contribution in [0.5, 0.6) is 0 Å². The molecule has 0 aromatic heterocycles. The van der Waals surface area contributed by atoms with Gasteiger partial charge in [-0.3, -0.25) is 14.9 Å². The highest BCUT2D eigenvalue weighted by Crippen LogP contribution is 2.05. The third kappa shape index (κ3) is 7.40. The molecule has 0 fully saturated rings. The van der Waals surface area contributed by atoms with Crippen molar-refractivity contribution in [3.8, 4) is 0 Å². The molecule has 0 heterocycles. The van der Waals surface area contributed by atoms with Crippen LogP contribution in [0.25, 0.3) is 0 Å². The van der Waals surface area contributed by atoms with Gasteiger partial charge in [0, 0.05) is 6.42 Å². The summed E-state index contributed by atoms with van der Waals surface area (Å²) in [6, 6.07) is -0.615. The molecule has 2 N–H and O–H groups in total. The minimum absolute atomic E-state index is 0.0741. The van der Waals surface area contributed by atoms with Gasteiger partial charge in [-0.15, -0.1) is 0 Å². The zero-order chi connectivity index (χ0) is 12.7. The van der Waals surface area contributed by atoms with Gasteiger partial charge in [-0.05, 0) is 18.3 Å². The number of aliphatic carboxylic acids is 1. The number of carboxylic acids is 1. The Balaban J connectivity index is 4.02. The van der Waals surface area contributed by atoms with E-state index in [1.165, 1.54) is 0 Å². The average Bonchev–Trinajstić information content (AvgIpc) is 2.09. The molecule has 0 spiro atoms. The normalized spacial score (nSPS) is 13.1. The molecule has 0 saturated heterocycles. The van der Waals surface area contributed by atoms with Gasteiger partial charge in [0.05, 0.1) is 6.54 Å². The lowest BCUT2D eigenvalue weighted by Gasteiger charge is -2.16. The lowest BCUT2D eigenvalue weighted by molar-refractivity contribution is -0.140. The Morgan fingerprint density at radius 3 is 2.06 bits per heavy atom. The monoisotopic (exact) mass is 229 g/mol. The maximum atomic E-state index is 11.4. The second kappa shape index (κ2) is 7.39. The van der Waals surface area contributed by atoms with Crippen LogP contribution >= 0.6 is 0 Å². The SMILES string of the molecule is CC(C)CC(=O)CN[C@@H](CC(C)C)C(=O)O. The molecule has 1 atom stereocenters. The molecular formula is C12H23NO3. The maximum absolute atomic E-state index is 11.4. The Morgan fingerprint density at radius 1 is 1.12 bits per heavy atom. The lowest BCUT2D eigenvalue weighted by atomic mass is 10.0. The minimum atomic E-state index is -0.883. The Labute approximate surface area is 97.4 Å². The average molecular weight is 229 g/mol. The summed E-state index contributed by atoms with van der Waals surface area (Å²) in [5.74, 6) is -0.187. The van der Waals surface area contributed by atoms with Crippen molar-refractivity contribution in [1.82, 2.24) is 5.32 Å². The molecule has 0 saturated carbocycles. The Hall–Kier alpha value is -0.900. The summed E-state index contributed by atoms with van der Waals surface area (Å²) in [5.41, 5.74) is 0. The van der Waals surface area contributed by atoms with Gasteiger partial charge < -0.3 is 5.11 Å². The van der Waals surface area contributed by atoms with Crippen molar-refractivity contribution in [3.63, 3.8) is 0 Å². The van der Waals surface area contributed by atoms with Crippen molar-refractivity contribution in [1.29, 1.82) is 0 Å². The fourth-order valence-electron chi connectivity index (χ4n) is 1.51. The van der Waals surface area contributed by atoms with E-state index in [-0.39, 0.29) is 12.3 Å². The highest BCUT2D eigenvalue weighted by atomic mass is 16.4. The molecule has 0 aromatic rings. The first kappa shape index (κ1) is 15.1. The number of carbonyl (C=O) groups is 2. The van der Waals surface area contributed by atoms with Gasteiger partial charge in [-0.1, -0.05) is 27.7 Å². The first-order valence-corrected chi connectivity index (χ1v) is 5.80. The maximum Gasteiger partial charge on any atom is 0.320 e. The van der Waals surface area contributed by atoms with Crippen LogP contribution in [0, 0.1) is 11.8 Å². The van der Waals surface area contributed by atoms with Gasteiger partial charge in [-0.2, -0.15) is 0 Å². The van der Waals surface area contributed by atoms with E-state index in [0.717, 1.165) is 0 Å². The van der Waals surface area contributed by atoms with Crippen LogP contribution in [0.15, 0.2) is 0 Å². The molecule has 0 unspecified atom stereocenters. The molecule has 94 valence electrons. The van der Waals surface area contributed by atoms with E-state index in [2.05, 4.69) is 5.32 Å². The minimum Gasteiger partial charge on any atom is -0.480 e. The van der Waals surface area contributed by atoms with E-state index in [0.29, 0.717) is 24.7 Å². The van der Waals surface area contributed by atoms with E-state index < -0.39 is 12.0 Å². The summed E-state index contributed by atoms with van der Waals surface area (Å²) in [6.07, 6.45) is 1.05. The summed E-state index contributed by atoms with van der Waals surface area (Å²) >= 11 is 0. The highest BCUT2D eigenvalue weighted by molar-refractivity contribution is 5.81. The molecule has 0 bridgehead atoms.